The molecule has 0 aromatic rings. The topological polar surface area (TPSA) is 52.6 Å². The van der Waals surface area contributed by atoms with Crippen LogP contribution in [0.25, 0.3) is 0 Å². The maximum atomic E-state index is 11.5. The average molecular weight is 437 g/mol. The Morgan fingerprint density at radius 2 is 1.06 bits per heavy atom. The Kier molecular flexibility index (Phi) is 16.4. The van der Waals surface area contributed by atoms with E-state index in [-0.39, 0.29) is 11.9 Å². The second-order valence-corrected chi connectivity index (χ2v) is 6.88. The van der Waals surface area contributed by atoms with Gasteiger partial charge in [0.05, 0.1) is 13.2 Å². The van der Waals surface area contributed by atoms with Gasteiger partial charge in [-0.2, -0.15) is 0 Å². The third kappa shape index (κ3) is 16.4. The molecule has 0 aromatic heterocycles. The Hall–Kier alpha value is -3.40. The summed E-state index contributed by atoms with van der Waals surface area (Å²) in [5.41, 5.74) is 3.71. The fourth-order valence-corrected chi connectivity index (χ4v) is 2.11. The van der Waals surface area contributed by atoms with Crippen molar-refractivity contribution in [3.05, 3.63) is 107 Å². The van der Waals surface area contributed by atoms with Crippen LogP contribution in [0.4, 0.5) is 0 Å². The van der Waals surface area contributed by atoms with Crippen molar-refractivity contribution < 1.29 is 19.1 Å². The monoisotopic (exact) mass is 436 g/mol. The third-order valence-corrected chi connectivity index (χ3v) is 3.84. The Balaban J connectivity index is 4.61. The molecule has 172 valence electrons. The van der Waals surface area contributed by atoms with Crippen LogP contribution in [0.1, 0.15) is 41.5 Å². The van der Waals surface area contributed by atoms with Gasteiger partial charge in [-0.15, -0.1) is 0 Å². The molecule has 0 unspecified atom stereocenters. The number of hydrogen-bond acceptors (Lipinski definition) is 4. The molecule has 0 saturated heterocycles. The van der Waals surface area contributed by atoms with Crippen LogP contribution in [-0.2, 0) is 19.1 Å². The van der Waals surface area contributed by atoms with Gasteiger partial charge < -0.3 is 9.47 Å². The van der Waals surface area contributed by atoms with Crippen molar-refractivity contribution in [1.29, 1.82) is 0 Å². The van der Waals surface area contributed by atoms with Crippen LogP contribution >= 0.6 is 0 Å². The molecular weight excluding hydrogens is 400 g/mol. The van der Waals surface area contributed by atoms with E-state index in [1.807, 2.05) is 87.6 Å². The first-order valence-electron chi connectivity index (χ1n) is 10.7. The lowest BCUT2D eigenvalue weighted by atomic mass is 10.2. The highest BCUT2D eigenvalue weighted by Gasteiger charge is 2.01. The van der Waals surface area contributed by atoms with Gasteiger partial charge in [-0.1, -0.05) is 95.7 Å². The zero-order chi connectivity index (χ0) is 24.2. The molecule has 0 N–H and O–H groups in total. The molecule has 0 aromatic carbocycles. The summed E-state index contributed by atoms with van der Waals surface area (Å²) in [5, 5.41) is 0. The summed E-state index contributed by atoms with van der Waals surface area (Å²) in [5.74, 6) is -0.626. The number of ether oxygens (including phenoxy) is 2. The summed E-state index contributed by atoms with van der Waals surface area (Å²) in [6, 6.07) is 0. The van der Waals surface area contributed by atoms with Crippen LogP contribution in [0.5, 0.6) is 0 Å². The highest BCUT2D eigenvalue weighted by atomic mass is 16.5. The Morgan fingerprint density at radius 3 is 1.62 bits per heavy atom. The zero-order valence-electron chi connectivity index (χ0n) is 20.1. The molecule has 0 amide bonds. The normalized spacial score (nSPS) is 14.6. The van der Waals surface area contributed by atoms with Gasteiger partial charge in [0.2, 0.25) is 0 Å². The van der Waals surface area contributed by atoms with E-state index in [1.54, 1.807) is 32.9 Å². The maximum Gasteiger partial charge on any atom is 0.333 e. The van der Waals surface area contributed by atoms with Gasteiger partial charge in [-0.25, -0.2) is 9.59 Å². The molecule has 0 aliphatic heterocycles. The summed E-state index contributed by atoms with van der Waals surface area (Å²) < 4.78 is 9.77. The minimum absolute atomic E-state index is 0.292. The van der Waals surface area contributed by atoms with E-state index in [4.69, 9.17) is 9.47 Å². The highest BCUT2D eigenvalue weighted by Crippen LogP contribution is 2.02. The molecule has 32 heavy (non-hydrogen) atoms. The SMILES string of the molecule is CCOC(=O)/C=C/C(C)=C/C=C/C=C/C(C)=C/C=C/C=C(C)/C=C/C=C(\C)C(=O)OCC. The molecule has 4 heteroatoms. The lowest BCUT2D eigenvalue weighted by molar-refractivity contribution is -0.138. The molecule has 0 saturated carbocycles. The number of allylic oxidation sites excluding steroid dienone is 16. The molecule has 0 spiro atoms. The fraction of sp³-hybridized carbons (Fsp3) is 0.286. The van der Waals surface area contributed by atoms with E-state index in [2.05, 4.69) is 0 Å². The van der Waals surface area contributed by atoms with Gasteiger partial charge in [0.1, 0.15) is 0 Å². The second kappa shape index (κ2) is 18.4. The van der Waals surface area contributed by atoms with Crippen LogP contribution in [-0.4, -0.2) is 25.2 Å². The average Bonchev–Trinajstić information content (AvgIpc) is 2.75. The standard InChI is InChI=1S/C28H36O4/c1-7-31-27(29)22-21-25(5)16-11-9-10-15-23(3)17-12-13-18-24(4)19-14-20-26(6)28(30)32-8-2/h9-22H,7-8H2,1-6H3/b11-9+,13-12+,15-10+,19-14+,22-21+,23-17+,24-18+,25-16+,26-20+. The number of rotatable bonds is 12. The first-order chi connectivity index (χ1) is 15.3. The van der Waals surface area contributed by atoms with Crippen LogP contribution < -0.4 is 0 Å². The molecular formula is C28H36O4. The summed E-state index contributed by atoms with van der Waals surface area (Å²) in [7, 11) is 0. The fourth-order valence-electron chi connectivity index (χ4n) is 2.11. The van der Waals surface area contributed by atoms with Gasteiger partial charge in [0.15, 0.2) is 0 Å². The minimum atomic E-state index is -0.333. The molecule has 0 heterocycles. The molecule has 0 aliphatic rings. The molecule has 0 aliphatic carbocycles. The van der Waals surface area contributed by atoms with E-state index in [1.165, 1.54) is 6.08 Å². The van der Waals surface area contributed by atoms with Crippen LogP contribution in [0.2, 0.25) is 0 Å². The van der Waals surface area contributed by atoms with E-state index in [9.17, 15) is 9.59 Å². The molecule has 0 rings (SSSR count). The van der Waals surface area contributed by atoms with Gasteiger partial charge in [-0.05, 0) is 41.5 Å². The minimum Gasteiger partial charge on any atom is -0.463 e. The van der Waals surface area contributed by atoms with Crippen molar-refractivity contribution >= 4 is 11.9 Å². The van der Waals surface area contributed by atoms with Crippen molar-refractivity contribution in [2.75, 3.05) is 13.2 Å². The van der Waals surface area contributed by atoms with Crippen molar-refractivity contribution in [3.63, 3.8) is 0 Å². The van der Waals surface area contributed by atoms with Gasteiger partial charge in [0.25, 0.3) is 0 Å². The van der Waals surface area contributed by atoms with E-state index in [0.717, 1.165) is 16.7 Å². The van der Waals surface area contributed by atoms with Crippen LogP contribution in [0, 0.1) is 0 Å². The molecule has 4 nitrogen and oxygen atoms in total. The van der Waals surface area contributed by atoms with Crippen molar-refractivity contribution in [1.82, 2.24) is 0 Å². The van der Waals surface area contributed by atoms with Crippen molar-refractivity contribution in [2.45, 2.75) is 41.5 Å². The smallest absolute Gasteiger partial charge is 0.333 e. The van der Waals surface area contributed by atoms with Crippen molar-refractivity contribution in [3.8, 4) is 0 Å². The van der Waals surface area contributed by atoms with Crippen LogP contribution in [0.15, 0.2) is 107 Å². The molecule has 0 radical (unpaired) electrons. The number of hydrogen-bond donors (Lipinski definition) is 0. The Morgan fingerprint density at radius 1 is 0.562 bits per heavy atom. The van der Waals surface area contributed by atoms with Crippen LogP contribution in [0.3, 0.4) is 0 Å². The lowest BCUT2D eigenvalue weighted by Gasteiger charge is -1.99. The first kappa shape index (κ1) is 28.6. The number of esters is 2. The summed E-state index contributed by atoms with van der Waals surface area (Å²) in [6.07, 6.45) is 26.4. The zero-order valence-corrected chi connectivity index (χ0v) is 20.1. The number of carbonyl (C=O) groups excluding carboxylic acids is 2. The third-order valence-electron chi connectivity index (χ3n) is 3.84. The van der Waals surface area contributed by atoms with Crippen molar-refractivity contribution in [2.24, 2.45) is 0 Å². The Bertz CT molecular complexity index is 869. The largest absolute Gasteiger partial charge is 0.463 e. The first-order valence-corrected chi connectivity index (χ1v) is 10.7. The molecule has 0 fully saturated rings. The van der Waals surface area contributed by atoms with E-state index in [0.29, 0.717) is 18.8 Å². The second-order valence-electron chi connectivity index (χ2n) is 6.88. The molecule has 0 atom stereocenters. The van der Waals surface area contributed by atoms with E-state index < -0.39 is 0 Å². The summed E-state index contributed by atoms with van der Waals surface area (Å²) in [4.78, 5) is 22.8. The quantitative estimate of drug-likeness (QED) is 0.194. The van der Waals surface area contributed by atoms with Gasteiger partial charge in [0, 0.05) is 11.6 Å². The maximum absolute atomic E-state index is 11.5. The predicted octanol–water partition coefficient (Wildman–Crippen LogP) is 6.68. The Labute approximate surface area is 193 Å². The summed E-state index contributed by atoms with van der Waals surface area (Å²) >= 11 is 0. The van der Waals surface area contributed by atoms with E-state index >= 15 is 0 Å². The van der Waals surface area contributed by atoms with Gasteiger partial charge >= 0.3 is 11.9 Å². The van der Waals surface area contributed by atoms with Gasteiger partial charge in [-0.3, -0.25) is 0 Å². The summed E-state index contributed by atoms with van der Waals surface area (Å²) in [6.45, 7) is 12.0. The predicted molar refractivity (Wildman–Crippen MR) is 134 cm³/mol. The number of carbonyl (C=O) groups is 2. The lowest BCUT2D eigenvalue weighted by Crippen LogP contribution is -2.04. The molecule has 0 bridgehead atoms. The highest BCUT2D eigenvalue weighted by molar-refractivity contribution is 5.88.